The largest absolute Gasteiger partial charge is 0.506 e. The number of allylic oxidation sites excluding steroid dienone is 1. The number of phenolic OH excluding ortho intramolecular Hbond substituents is 1. The van der Waals surface area contributed by atoms with E-state index in [1.54, 1.807) is 0 Å². The smallest absolute Gasteiger partial charge is 0.143 e. The van der Waals surface area contributed by atoms with Gasteiger partial charge in [-0.1, -0.05) is 6.08 Å². The number of hydrogen-bond acceptors (Lipinski definition) is 2. The highest BCUT2D eigenvalue weighted by Crippen LogP contribution is 2.35. The Morgan fingerprint density at radius 3 is 2.40 bits per heavy atom. The quantitative estimate of drug-likeness (QED) is 0.821. The summed E-state index contributed by atoms with van der Waals surface area (Å²) in [4.78, 5) is 0. The molecule has 1 rings (SSSR count). The van der Waals surface area contributed by atoms with Gasteiger partial charge in [0.1, 0.15) is 5.75 Å². The van der Waals surface area contributed by atoms with Gasteiger partial charge in [0.2, 0.25) is 0 Å². The van der Waals surface area contributed by atoms with Crippen molar-refractivity contribution in [3.8, 4) is 5.75 Å². The number of rotatable bonds is 4. The van der Waals surface area contributed by atoms with Crippen LogP contribution in [0.4, 0.5) is 0 Å². The van der Waals surface area contributed by atoms with Crippen LogP contribution in [-0.4, -0.2) is 5.11 Å². The lowest BCUT2D eigenvalue weighted by Crippen LogP contribution is -2.09. The summed E-state index contributed by atoms with van der Waals surface area (Å²) in [6.07, 6.45) is 3.59. The molecule has 0 unspecified atom stereocenters. The highest BCUT2D eigenvalue weighted by molar-refractivity contribution is 9.11. The number of hydrogen-bond donors (Lipinski definition) is 2. The second-order valence-electron chi connectivity index (χ2n) is 3.31. The molecule has 0 amide bonds. The second kappa shape index (κ2) is 5.68. The third-order valence-electron chi connectivity index (χ3n) is 2.15. The lowest BCUT2D eigenvalue weighted by Gasteiger charge is -2.12. The van der Waals surface area contributed by atoms with Gasteiger partial charge >= 0.3 is 0 Å². The summed E-state index contributed by atoms with van der Waals surface area (Å²) < 4.78 is 1.31. The van der Waals surface area contributed by atoms with E-state index in [9.17, 15) is 5.11 Å². The van der Waals surface area contributed by atoms with Gasteiger partial charge in [-0.15, -0.1) is 6.58 Å². The number of aromatic hydroxyl groups is 1. The van der Waals surface area contributed by atoms with Crippen LogP contribution in [0, 0.1) is 0 Å². The topological polar surface area (TPSA) is 46.2 Å². The van der Waals surface area contributed by atoms with Crippen LogP contribution in [0.5, 0.6) is 5.75 Å². The highest BCUT2D eigenvalue weighted by atomic mass is 79.9. The van der Waals surface area contributed by atoms with E-state index in [0.717, 1.165) is 18.4 Å². The van der Waals surface area contributed by atoms with Crippen LogP contribution in [0.25, 0.3) is 0 Å². The van der Waals surface area contributed by atoms with E-state index in [0.29, 0.717) is 8.95 Å². The number of nitrogens with two attached hydrogens (primary N) is 1. The van der Waals surface area contributed by atoms with Crippen LogP contribution < -0.4 is 5.73 Å². The molecule has 0 radical (unpaired) electrons. The normalized spacial score (nSPS) is 12.5. The van der Waals surface area contributed by atoms with Gasteiger partial charge < -0.3 is 10.8 Å². The third kappa shape index (κ3) is 3.33. The molecule has 4 heteroatoms. The first-order chi connectivity index (χ1) is 7.06. The Morgan fingerprint density at radius 1 is 1.40 bits per heavy atom. The highest BCUT2D eigenvalue weighted by Gasteiger charge is 2.10. The van der Waals surface area contributed by atoms with Crippen molar-refractivity contribution in [3.63, 3.8) is 0 Å². The van der Waals surface area contributed by atoms with Gasteiger partial charge in [-0.25, -0.2) is 0 Å². The minimum absolute atomic E-state index is 0.0313. The van der Waals surface area contributed by atoms with E-state index in [1.807, 2.05) is 18.2 Å². The minimum Gasteiger partial charge on any atom is -0.506 e. The molecule has 82 valence electrons. The van der Waals surface area contributed by atoms with Crippen molar-refractivity contribution < 1.29 is 5.11 Å². The molecule has 0 heterocycles. The number of phenols is 1. The van der Waals surface area contributed by atoms with Gasteiger partial charge in [-0.05, 0) is 62.4 Å². The molecule has 0 aliphatic rings. The van der Waals surface area contributed by atoms with Gasteiger partial charge in [0.05, 0.1) is 8.95 Å². The molecule has 0 aromatic heterocycles. The van der Waals surface area contributed by atoms with Crippen molar-refractivity contribution in [2.45, 2.75) is 18.9 Å². The van der Waals surface area contributed by atoms with Crippen molar-refractivity contribution in [1.82, 2.24) is 0 Å². The molecule has 1 aromatic rings. The molecule has 0 aliphatic heterocycles. The Bertz CT molecular complexity index is 343. The number of halogens is 2. The lowest BCUT2D eigenvalue weighted by molar-refractivity contribution is 0.467. The first-order valence-electron chi connectivity index (χ1n) is 4.60. The van der Waals surface area contributed by atoms with Gasteiger partial charge in [-0.2, -0.15) is 0 Å². The van der Waals surface area contributed by atoms with Crippen LogP contribution in [0.1, 0.15) is 24.4 Å². The zero-order chi connectivity index (χ0) is 11.4. The van der Waals surface area contributed by atoms with Gasteiger partial charge in [-0.3, -0.25) is 0 Å². The average Bonchev–Trinajstić information content (AvgIpc) is 2.21. The number of benzene rings is 1. The van der Waals surface area contributed by atoms with Gasteiger partial charge in [0, 0.05) is 6.04 Å². The maximum atomic E-state index is 9.54. The molecule has 3 N–H and O–H groups in total. The van der Waals surface area contributed by atoms with Crippen molar-refractivity contribution in [2.75, 3.05) is 0 Å². The molecule has 0 aliphatic carbocycles. The van der Waals surface area contributed by atoms with Crippen LogP contribution in [-0.2, 0) is 0 Å². The molecule has 2 nitrogen and oxygen atoms in total. The molecule has 1 atom stereocenters. The van der Waals surface area contributed by atoms with Crippen LogP contribution in [0.2, 0.25) is 0 Å². The first kappa shape index (κ1) is 12.7. The van der Waals surface area contributed by atoms with Crippen LogP contribution in [0.3, 0.4) is 0 Å². The SMILES string of the molecule is C=CCC[C@H](N)c1cc(Br)c(O)c(Br)c1. The van der Waals surface area contributed by atoms with E-state index in [-0.39, 0.29) is 11.8 Å². The summed E-state index contributed by atoms with van der Waals surface area (Å²) in [7, 11) is 0. The summed E-state index contributed by atoms with van der Waals surface area (Å²) in [5, 5.41) is 9.54. The maximum absolute atomic E-state index is 9.54. The average molecular weight is 335 g/mol. The molecule has 0 fully saturated rings. The predicted octanol–water partition coefficient (Wildman–Crippen LogP) is 3.88. The van der Waals surface area contributed by atoms with Gasteiger partial charge in [0.15, 0.2) is 0 Å². The molecule has 0 saturated heterocycles. The fraction of sp³-hybridized carbons (Fsp3) is 0.273. The van der Waals surface area contributed by atoms with Crippen molar-refractivity contribution in [2.24, 2.45) is 5.73 Å². The molecule has 0 saturated carbocycles. The molecular weight excluding hydrogens is 322 g/mol. The maximum Gasteiger partial charge on any atom is 0.143 e. The van der Waals surface area contributed by atoms with Crippen LogP contribution in [0.15, 0.2) is 33.7 Å². The molecule has 0 bridgehead atoms. The van der Waals surface area contributed by atoms with Crippen molar-refractivity contribution in [3.05, 3.63) is 39.3 Å². The summed E-state index contributed by atoms with van der Waals surface area (Å²) in [6.45, 7) is 3.66. The molecular formula is C11H13Br2NO. The Balaban J connectivity index is 2.90. The van der Waals surface area contributed by atoms with E-state index < -0.39 is 0 Å². The Kier molecular flexibility index (Phi) is 4.83. The van der Waals surface area contributed by atoms with Crippen molar-refractivity contribution in [1.29, 1.82) is 0 Å². The van der Waals surface area contributed by atoms with Crippen molar-refractivity contribution >= 4 is 31.9 Å². The summed E-state index contributed by atoms with van der Waals surface area (Å²) >= 11 is 6.56. The third-order valence-corrected chi connectivity index (χ3v) is 3.36. The summed E-state index contributed by atoms with van der Waals surface area (Å²) in [5.74, 6) is 0.203. The van der Waals surface area contributed by atoms with E-state index in [4.69, 9.17) is 5.73 Å². The van der Waals surface area contributed by atoms with E-state index in [2.05, 4.69) is 38.4 Å². The van der Waals surface area contributed by atoms with Gasteiger partial charge in [0.25, 0.3) is 0 Å². The second-order valence-corrected chi connectivity index (χ2v) is 5.01. The Morgan fingerprint density at radius 2 is 1.93 bits per heavy atom. The monoisotopic (exact) mass is 333 g/mol. The molecule has 0 spiro atoms. The minimum atomic E-state index is -0.0313. The fourth-order valence-electron chi connectivity index (χ4n) is 1.26. The van der Waals surface area contributed by atoms with E-state index in [1.165, 1.54) is 0 Å². The predicted molar refractivity (Wildman–Crippen MR) is 69.9 cm³/mol. The molecule has 15 heavy (non-hydrogen) atoms. The van der Waals surface area contributed by atoms with Crippen LogP contribution >= 0.6 is 31.9 Å². The Hall–Kier alpha value is -0.320. The first-order valence-corrected chi connectivity index (χ1v) is 6.19. The standard InChI is InChI=1S/C11H13Br2NO/c1-2-3-4-10(14)7-5-8(12)11(15)9(13)6-7/h2,5-6,10,15H,1,3-4,14H2/t10-/m0/s1. The lowest BCUT2D eigenvalue weighted by atomic mass is 10.0. The fourth-order valence-corrected chi connectivity index (χ4v) is 2.49. The summed E-state index contributed by atoms with van der Waals surface area (Å²) in [5.41, 5.74) is 6.99. The van der Waals surface area contributed by atoms with E-state index >= 15 is 0 Å². The zero-order valence-electron chi connectivity index (χ0n) is 8.21. The zero-order valence-corrected chi connectivity index (χ0v) is 11.4. The summed E-state index contributed by atoms with van der Waals surface area (Å²) in [6, 6.07) is 3.65. The Labute approximate surface area is 106 Å². The molecule has 1 aromatic carbocycles.